The third-order valence-corrected chi connectivity index (χ3v) is 3.04. The van der Waals surface area contributed by atoms with Crippen molar-refractivity contribution in [3.63, 3.8) is 0 Å². The molecule has 0 saturated heterocycles. The molecule has 0 N–H and O–H groups in total. The predicted octanol–water partition coefficient (Wildman–Crippen LogP) is 2.67. The van der Waals surface area contributed by atoms with Gasteiger partial charge in [-0.2, -0.15) is 4.89 Å². The quantitative estimate of drug-likeness (QED) is 0.348. The summed E-state index contributed by atoms with van der Waals surface area (Å²) in [5.74, 6) is -1.71. The van der Waals surface area contributed by atoms with E-state index >= 15 is 0 Å². The van der Waals surface area contributed by atoms with Crippen LogP contribution in [0.15, 0.2) is 0 Å². The lowest BCUT2D eigenvalue weighted by atomic mass is 10.0. The lowest BCUT2D eigenvalue weighted by Crippen LogP contribution is -2.30. The minimum Gasteiger partial charge on any atom is -0.371 e. The maximum atomic E-state index is 11.9. The van der Waals surface area contributed by atoms with Crippen LogP contribution >= 0.6 is 0 Å². The van der Waals surface area contributed by atoms with Crippen molar-refractivity contribution in [2.75, 3.05) is 6.61 Å². The molecule has 0 fully saturated rings. The highest BCUT2D eigenvalue weighted by Crippen LogP contribution is 2.10. The van der Waals surface area contributed by atoms with Gasteiger partial charge in [0.2, 0.25) is 0 Å². The van der Waals surface area contributed by atoms with Crippen molar-refractivity contribution in [2.45, 2.75) is 66.1 Å². The molecule has 0 bridgehead atoms. The fraction of sp³-hybridized carbons (Fsp3) is 0.857. The maximum Gasteiger partial charge on any atom is 0.352 e. The van der Waals surface area contributed by atoms with E-state index in [2.05, 4.69) is 4.89 Å². The molecule has 0 aromatic carbocycles. The third-order valence-electron chi connectivity index (χ3n) is 3.04. The van der Waals surface area contributed by atoms with Crippen molar-refractivity contribution in [3.05, 3.63) is 0 Å². The largest absolute Gasteiger partial charge is 0.371 e. The van der Waals surface area contributed by atoms with E-state index in [0.717, 1.165) is 12.8 Å². The van der Waals surface area contributed by atoms with Gasteiger partial charge in [-0.1, -0.05) is 20.8 Å². The van der Waals surface area contributed by atoms with Gasteiger partial charge in [0.05, 0.1) is 6.10 Å². The van der Waals surface area contributed by atoms with Crippen molar-refractivity contribution < 1.29 is 24.1 Å². The molecule has 5 nitrogen and oxygen atoms in total. The number of carbonyl (C=O) groups is 2. The highest BCUT2D eigenvalue weighted by molar-refractivity contribution is 5.99. The Labute approximate surface area is 115 Å². The second-order valence-corrected chi connectivity index (χ2v) is 4.67. The van der Waals surface area contributed by atoms with Crippen molar-refractivity contribution in [1.29, 1.82) is 0 Å². The molecule has 0 rings (SSSR count). The van der Waals surface area contributed by atoms with Crippen LogP contribution in [-0.2, 0) is 24.1 Å². The fourth-order valence-electron chi connectivity index (χ4n) is 1.22. The Morgan fingerprint density at radius 1 is 0.947 bits per heavy atom. The first-order valence-corrected chi connectivity index (χ1v) is 6.97. The van der Waals surface area contributed by atoms with E-state index in [0.29, 0.717) is 6.42 Å². The van der Waals surface area contributed by atoms with Crippen LogP contribution in [0.25, 0.3) is 0 Å². The minimum absolute atomic E-state index is 0.00819. The molecule has 0 saturated carbocycles. The van der Waals surface area contributed by atoms with E-state index in [-0.39, 0.29) is 24.6 Å². The number of rotatable bonds is 10. The Hall–Kier alpha value is -0.940. The number of ether oxygens (including phenoxy) is 1. The molecule has 5 heteroatoms. The number of carbonyl (C=O) groups excluding carboxylic acids is 2. The zero-order valence-electron chi connectivity index (χ0n) is 12.6. The Kier molecular flexibility index (Phi) is 9.43. The van der Waals surface area contributed by atoms with E-state index in [9.17, 15) is 9.59 Å². The Bertz CT molecular complexity index is 251. The van der Waals surface area contributed by atoms with Crippen molar-refractivity contribution in [3.8, 4) is 0 Å². The van der Waals surface area contributed by atoms with Gasteiger partial charge in [-0.05, 0) is 33.1 Å². The first-order chi connectivity index (χ1) is 8.96. The fourth-order valence-corrected chi connectivity index (χ4v) is 1.22. The summed E-state index contributed by atoms with van der Waals surface area (Å²) >= 11 is 0. The second kappa shape index (κ2) is 9.92. The van der Waals surface area contributed by atoms with E-state index in [1.54, 1.807) is 13.8 Å². The molecule has 3 unspecified atom stereocenters. The van der Waals surface area contributed by atoms with Gasteiger partial charge in [-0.25, -0.2) is 4.79 Å². The molecule has 112 valence electrons. The summed E-state index contributed by atoms with van der Waals surface area (Å²) in [5, 5.41) is 0. The highest BCUT2D eigenvalue weighted by atomic mass is 17.2. The zero-order chi connectivity index (χ0) is 14.8. The maximum absolute atomic E-state index is 11.9. The van der Waals surface area contributed by atoms with Crippen molar-refractivity contribution >= 4 is 11.8 Å². The minimum atomic E-state index is -0.812. The molecule has 0 aromatic rings. The molecule has 0 heterocycles. The smallest absolute Gasteiger partial charge is 0.352 e. The van der Waals surface area contributed by atoms with Crippen molar-refractivity contribution in [1.82, 2.24) is 0 Å². The van der Waals surface area contributed by atoms with Gasteiger partial charge < -0.3 is 4.74 Å². The molecule has 0 radical (unpaired) electrons. The monoisotopic (exact) mass is 274 g/mol. The number of Topliss-reactive ketones (excluding diaryl/α,β-unsaturated/α-hetero) is 1. The lowest BCUT2D eigenvalue weighted by Gasteiger charge is -2.15. The molecule has 0 aromatic heterocycles. The van der Waals surface area contributed by atoms with Gasteiger partial charge >= 0.3 is 5.97 Å². The highest BCUT2D eigenvalue weighted by Gasteiger charge is 2.28. The van der Waals surface area contributed by atoms with E-state index in [4.69, 9.17) is 9.62 Å². The zero-order valence-corrected chi connectivity index (χ0v) is 12.6. The van der Waals surface area contributed by atoms with Crippen LogP contribution in [0.4, 0.5) is 0 Å². The summed E-state index contributed by atoms with van der Waals surface area (Å²) < 4.78 is 5.33. The van der Waals surface area contributed by atoms with Gasteiger partial charge in [0.25, 0.3) is 0 Å². The standard InChI is InChI=1S/C14H26O5/c1-6-10(4)17-9-13(15)12(8-3)14(16)19-18-11(5)7-2/h10-12H,6-9H2,1-5H3. The van der Waals surface area contributed by atoms with Gasteiger partial charge in [-0.15, -0.1) is 0 Å². The summed E-state index contributed by atoms with van der Waals surface area (Å²) in [5.41, 5.74) is 0. The molecule has 19 heavy (non-hydrogen) atoms. The summed E-state index contributed by atoms with van der Waals surface area (Å²) in [4.78, 5) is 33.2. The molecule has 0 aliphatic rings. The van der Waals surface area contributed by atoms with Gasteiger partial charge in [-0.3, -0.25) is 9.68 Å². The summed E-state index contributed by atoms with van der Waals surface area (Å²) in [6.45, 7) is 9.27. The van der Waals surface area contributed by atoms with Crippen LogP contribution in [0.5, 0.6) is 0 Å². The Balaban J connectivity index is 4.23. The number of hydrogen-bond donors (Lipinski definition) is 0. The van der Waals surface area contributed by atoms with Crippen molar-refractivity contribution in [2.24, 2.45) is 5.92 Å². The van der Waals surface area contributed by atoms with Gasteiger partial charge in [0, 0.05) is 0 Å². The first-order valence-electron chi connectivity index (χ1n) is 6.97. The predicted molar refractivity (Wildman–Crippen MR) is 71.4 cm³/mol. The van der Waals surface area contributed by atoms with Gasteiger partial charge in [0.15, 0.2) is 5.78 Å². The van der Waals surface area contributed by atoms with Crippen LogP contribution in [0, 0.1) is 5.92 Å². The summed E-state index contributed by atoms with van der Waals surface area (Å²) in [6.07, 6.45) is 1.77. The average Bonchev–Trinajstić information content (AvgIpc) is 2.42. The molecule has 0 aliphatic heterocycles. The van der Waals surface area contributed by atoms with E-state index < -0.39 is 11.9 Å². The second-order valence-electron chi connectivity index (χ2n) is 4.67. The lowest BCUT2D eigenvalue weighted by molar-refractivity contribution is -0.297. The average molecular weight is 274 g/mol. The molecule has 0 aliphatic carbocycles. The number of ketones is 1. The topological polar surface area (TPSA) is 61.8 Å². The molecular weight excluding hydrogens is 248 g/mol. The van der Waals surface area contributed by atoms with Crippen LogP contribution in [0.3, 0.4) is 0 Å². The SMILES string of the molecule is CCC(C)OCC(=O)C(CC)C(=O)OOC(C)CC. The molecule has 0 spiro atoms. The number of hydrogen-bond acceptors (Lipinski definition) is 5. The molecule has 3 atom stereocenters. The normalized spacial score (nSPS) is 15.6. The van der Waals surface area contributed by atoms with Crippen LogP contribution in [0.2, 0.25) is 0 Å². The van der Waals surface area contributed by atoms with Gasteiger partial charge in [0.1, 0.15) is 18.6 Å². The summed E-state index contributed by atoms with van der Waals surface area (Å²) in [6, 6.07) is 0. The third kappa shape index (κ3) is 7.28. The Morgan fingerprint density at radius 2 is 1.53 bits per heavy atom. The molecule has 0 amide bonds. The van der Waals surface area contributed by atoms with Crippen LogP contribution in [-0.4, -0.2) is 30.6 Å². The van der Waals surface area contributed by atoms with E-state index in [1.165, 1.54) is 0 Å². The molecular formula is C14H26O5. The van der Waals surface area contributed by atoms with Crippen LogP contribution < -0.4 is 0 Å². The Morgan fingerprint density at radius 3 is 2.00 bits per heavy atom. The first kappa shape index (κ1) is 18.1. The van der Waals surface area contributed by atoms with E-state index in [1.807, 2.05) is 20.8 Å². The van der Waals surface area contributed by atoms with Crippen LogP contribution in [0.1, 0.15) is 53.9 Å². The summed E-state index contributed by atoms with van der Waals surface area (Å²) in [7, 11) is 0.